The molecule has 0 bridgehead atoms. The van der Waals surface area contributed by atoms with Gasteiger partial charge in [0.15, 0.2) is 0 Å². The SMILES string of the molecule is O=C(CNCC1CC1)Nc1cccc(NC(=O)c2cccs2)c1. The quantitative estimate of drug-likeness (QED) is 0.731. The molecular weight excluding hydrogens is 310 g/mol. The van der Waals surface area contributed by atoms with E-state index in [9.17, 15) is 9.59 Å². The highest BCUT2D eigenvalue weighted by Crippen LogP contribution is 2.27. The number of hydrogen-bond donors (Lipinski definition) is 3. The Bertz CT molecular complexity index is 681. The maximum atomic E-state index is 12.0. The summed E-state index contributed by atoms with van der Waals surface area (Å²) >= 11 is 1.39. The van der Waals surface area contributed by atoms with Crippen LogP contribution >= 0.6 is 11.3 Å². The average molecular weight is 329 g/mol. The molecule has 1 aliphatic rings. The van der Waals surface area contributed by atoms with Gasteiger partial charge in [-0.1, -0.05) is 12.1 Å². The lowest BCUT2D eigenvalue weighted by atomic mass is 10.2. The van der Waals surface area contributed by atoms with E-state index < -0.39 is 0 Å². The van der Waals surface area contributed by atoms with Crippen LogP contribution in [-0.2, 0) is 4.79 Å². The summed E-state index contributed by atoms with van der Waals surface area (Å²) in [6, 6.07) is 10.8. The molecule has 6 heteroatoms. The normalized spacial score (nSPS) is 13.6. The molecule has 0 unspecified atom stereocenters. The van der Waals surface area contributed by atoms with Crippen LogP contribution in [0.5, 0.6) is 0 Å². The summed E-state index contributed by atoms with van der Waals surface area (Å²) in [7, 11) is 0. The zero-order valence-electron chi connectivity index (χ0n) is 12.7. The summed E-state index contributed by atoms with van der Waals surface area (Å²) in [6.07, 6.45) is 2.53. The fraction of sp³-hybridized carbons (Fsp3) is 0.294. The summed E-state index contributed by atoms with van der Waals surface area (Å²) in [5.41, 5.74) is 1.33. The van der Waals surface area contributed by atoms with Crippen molar-refractivity contribution in [3.05, 3.63) is 46.7 Å². The summed E-state index contributed by atoms with van der Waals surface area (Å²) < 4.78 is 0. The maximum absolute atomic E-state index is 12.0. The number of hydrogen-bond acceptors (Lipinski definition) is 4. The van der Waals surface area contributed by atoms with Crippen molar-refractivity contribution < 1.29 is 9.59 Å². The standard InChI is InChI=1S/C17H19N3O2S/c21-16(11-18-10-12-6-7-12)19-13-3-1-4-14(9-13)20-17(22)15-5-2-8-23-15/h1-5,8-9,12,18H,6-7,10-11H2,(H,19,21)(H,20,22). The first-order valence-corrected chi connectivity index (χ1v) is 8.54. The first kappa shape index (κ1) is 15.7. The molecule has 3 N–H and O–H groups in total. The highest BCUT2D eigenvalue weighted by Gasteiger charge is 2.20. The molecule has 1 aromatic carbocycles. The minimum Gasteiger partial charge on any atom is -0.325 e. The van der Waals surface area contributed by atoms with Crippen LogP contribution in [0.4, 0.5) is 11.4 Å². The number of carbonyl (C=O) groups is 2. The Hall–Kier alpha value is -2.18. The predicted molar refractivity (Wildman–Crippen MR) is 92.9 cm³/mol. The van der Waals surface area contributed by atoms with E-state index in [-0.39, 0.29) is 11.8 Å². The van der Waals surface area contributed by atoms with Gasteiger partial charge in [-0.25, -0.2) is 0 Å². The summed E-state index contributed by atoms with van der Waals surface area (Å²) in [4.78, 5) is 24.6. The van der Waals surface area contributed by atoms with Gasteiger partial charge in [0.2, 0.25) is 5.91 Å². The lowest BCUT2D eigenvalue weighted by Gasteiger charge is -2.09. The van der Waals surface area contributed by atoms with Crippen molar-refractivity contribution >= 4 is 34.5 Å². The maximum Gasteiger partial charge on any atom is 0.265 e. The first-order valence-electron chi connectivity index (χ1n) is 7.66. The number of rotatable bonds is 7. The number of anilines is 2. The van der Waals surface area contributed by atoms with Crippen LogP contribution in [0, 0.1) is 5.92 Å². The van der Waals surface area contributed by atoms with E-state index in [1.807, 2.05) is 11.4 Å². The van der Waals surface area contributed by atoms with E-state index in [1.165, 1.54) is 24.2 Å². The van der Waals surface area contributed by atoms with E-state index in [4.69, 9.17) is 0 Å². The van der Waals surface area contributed by atoms with Gasteiger partial charge in [-0.05, 0) is 54.9 Å². The van der Waals surface area contributed by atoms with Crippen molar-refractivity contribution in [1.82, 2.24) is 5.32 Å². The molecule has 120 valence electrons. The van der Waals surface area contributed by atoms with E-state index in [0.29, 0.717) is 22.8 Å². The lowest BCUT2D eigenvalue weighted by molar-refractivity contribution is -0.115. The molecular formula is C17H19N3O2S. The van der Waals surface area contributed by atoms with Crippen LogP contribution in [0.3, 0.4) is 0 Å². The van der Waals surface area contributed by atoms with Gasteiger partial charge in [0.25, 0.3) is 5.91 Å². The summed E-state index contributed by atoms with van der Waals surface area (Å²) in [6.45, 7) is 1.21. The summed E-state index contributed by atoms with van der Waals surface area (Å²) in [5, 5.41) is 10.7. The van der Waals surface area contributed by atoms with E-state index in [1.54, 1.807) is 30.3 Å². The number of thiophene rings is 1. The topological polar surface area (TPSA) is 70.2 Å². The molecule has 1 fully saturated rings. The minimum absolute atomic E-state index is 0.0765. The molecule has 1 heterocycles. The zero-order chi connectivity index (χ0) is 16.1. The van der Waals surface area contributed by atoms with Gasteiger partial charge in [-0.15, -0.1) is 11.3 Å². The number of carbonyl (C=O) groups excluding carboxylic acids is 2. The lowest BCUT2D eigenvalue weighted by Crippen LogP contribution is -2.29. The van der Waals surface area contributed by atoms with Crippen LogP contribution in [0.2, 0.25) is 0 Å². The van der Waals surface area contributed by atoms with Gasteiger partial charge >= 0.3 is 0 Å². The van der Waals surface area contributed by atoms with Gasteiger partial charge in [0, 0.05) is 11.4 Å². The van der Waals surface area contributed by atoms with Gasteiger partial charge in [0.05, 0.1) is 11.4 Å². The number of amides is 2. The van der Waals surface area contributed by atoms with Gasteiger partial charge in [-0.3, -0.25) is 9.59 Å². The Balaban J connectivity index is 1.51. The highest BCUT2D eigenvalue weighted by molar-refractivity contribution is 7.12. The zero-order valence-corrected chi connectivity index (χ0v) is 13.5. The van der Waals surface area contributed by atoms with Crippen molar-refractivity contribution in [2.45, 2.75) is 12.8 Å². The largest absolute Gasteiger partial charge is 0.325 e. The number of benzene rings is 1. The van der Waals surface area contributed by atoms with Crippen LogP contribution in [0.15, 0.2) is 41.8 Å². The van der Waals surface area contributed by atoms with E-state index in [2.05, 4.69) is 16.0 Å². The highest BCUT2D eigenvalue weighted by atomic mass is 32.1. The Kier molecular flexibility index (Phi) is 5.05. The Morgan fingerprint density at radius 2 is 1.87 bits per heavy atom. The predicted octanol–water partition coefficient (Wildman–Crippen LogP) is 2.94. The smallest absolute Gasteiger partial charge is 0.265 e. The molecule has 5 nitrogen and oxygen atoms in total. The Morgan fingerprint density at radius 3 is 2.57 bits per heavy atom. The summed E-state index contributed by atoms with van der Waals surface area (Å²) in [5.74, 6) is 0.528. The van der Waals surface area contributed by atoms with Crippen LogP contribution in [-0.4, -0.2) is 24.9 Å². The molecule has 1 aliphatic carbocycles. The molecule has 3 rings (SSSR count). The fourth-order valence-electron chi connectivity index (χ4n) is 2.19. The molecule has 0 atom stereocenters. The van der Waals surface area contributed by atoms with Crippen LogP contribution < -0.4 is 16.0 Å². The van der Waals surface area contributed by atoms with E-state index in [0.717, 1.165) is 12.5 Å². The van der Waals surface area contributed by atoms with Gasteiger partial charge in [-0.2, -0.15) is 0 Å². The third kappa shape index (κ3) is 4.91. The van der Waals surface area contributed by atoms with Crippen molar-refractivity contribution in [3.63, 3.8) is 0 Å². The van der Waals surface area contributed by atoms with Crippen molar-refractivity contribution in [3.8, 4) is 0 Å². The van der Waals surface area contributed by atoms with E-state index >= 15 is 0 Å². The molecule has 0 aliphatic heterocycles. The molecule has 0 radical (unpaired) electrons. The molecule has 23 heavy (non-hydrogen) atoms. The minimum atomic E-state index is -0.144. The van der Waals surface area contributed by atoms with Crippen LogP contribution in [0.1, 0.15) is 22.5 Å². The Labute approximate surface area is 139 Å². The molecule has 1 aromatic heterocycles. The second kappa shape index (κ2) is 7.39. The molecule has 2 aromatic rings. The first-order chi connectivity index (χ1) is 11.2. The van der Waals surface area contributed by atoms with Gasteiger partial charge < -0.3 is 16.0 Å². The number of nitrogens with one attached hydrogen (secondary N) is 3. The third-order valence-corrected chi connectivity index (χ3v) is 4.43. The monoisotopic (exact) mass is 329 g/mol. The van der Waals surface area contributed by atoms with Crippen molar-refractivity contribution in [2.75, 3.05) is 23.7 Å². The second-order valence-electron chi connectivity index (χ2n) is 5.63. The molecule has 2 amide bonds. The van der Waals surface area contributed by atoms with Gasteiger partial charge in [0.1, 0.15) is 0 Å². The molecule has 0 saturated heterocycles. The third-order valence-electron chi connectivity index (χ3n) is 3.56. The second-order valence-corrected chi connectivity index (χ2v) is 6.58. The molecule has 0 spiro atoms. The molecule has 1 saturated carbocycles. The van der Waals surface area contributed by atoms with Crippen molar-refractivity contribution in [2.24, 2.45) is 5.92 Å². The fourth-order valence-corrected chi connectivity index (χ4v) is 2.81. The average Bonchev–Trinajstić information content (AvgIpc) is 3.18. The van der Waals surface area contributed by atoms with Crippen LogP contribution in [0.25, 0.3) is 0 Å². The Morgan fingerprint density at radius 1 is 1.09 bits per heavy atom. The van der Waals surface area contributed by atoms with Crippen molar-refractivity contribution in [1.29, 1.82) is 0 Å².